The SMILES string of the molecule is CCOC(C)OC(C#N)C=C[C@H]1[C@H](CC(=O)O)[C@H](O)C[C@H]1C(C)OCC. The number of aliphatic hydroxyl groups is 1. The van der Waals surface area contributed by atoms with Gasteiger partial charge in [-0.25, -0.2) is 0 Å². The molecule has 3 unspecified atom stereocenters. The number of aliphatic carboxylic acids is 1. The van der Waals surface area contributed by atoms with Crippen LogP contribution in [0.1, 0.15) is 40.5 Å². The molecule has 0 saturated heterocycles. The van der Waals surface area contributed by atoms with E-state index in [2.05, 4.69) is 6.07 Å². The number of carboxylic acid groups (broad SMARTS) is 1. The first-order valence-electron chi connectivity index (χ1n) is 9.20. The molecule has 2 N–H and O–H groups in total. The van der Waals surface area contributed by atoms with Crippen LogP contribution in [0.2, 0.25) is 0 Å². The molecule has 0 aliphatic heterocycles. The van der Waals surface area contributed by atoms with Crippen LogP contribution in [0, 0.1) is 29.1 Å². The lowest BCUT2D eigenvalue weighted by molar-refractivity contribution is -0.139. The molecule has 7 heteroatoms. The standard InChI is InChI=1S/C19H31NO6/c1-5-24-12(3)16-9-18(21)17(10-19(22)23)15(16)8-7-14(11-20)26-13(4)25-6-2/h7-8,12-18,21H,5-6,9-10H2,1-4H3,(H,22,23)/t12?,13?,14?,15-,16+,17+,18-/m1/s1. The van der Waals surface area contributed by atoms with Crippen molar-refractivity contribution in [2.75, 3.05) is 13.2 Å². The predicted molar refractivity (Wildman–Crippen MR) is 95.1 cm³/mol. The largest absolute Gasteiger partial charge is 0.481 e. The van der Waals surface area contributed by atoms with E-state index < -0.39 is 30.4 Å². The van der Waals surface area contributed by atoms with Crippen molar-refractivity contribution in [1.82, 2.24) is 0 Å². The number of aliphatic hydroxyl groups excluding tert-OH is 1. The highest BCUT2D eigenvalue weighted by atomic mass is 16.7. The molecule has 7 nitrogen and oxygen atoms in total. The maximum absolute atomic E-state index is 11.2. The van der Waals surface area contributed by atoms with Crippen molar-refractivity contribution in [1.29, 1.82) is 5.26 Å². The lowest BCUT2D eigenvalue weighted by Crippen LogP contribution is -2.27. The van der Waals surface area contributed by atoms with Crippen molar-refractivity contribution in [3.63, 3.8) is 0 Å². The van der Waals surface area contributed by atoms with Crippen molar-refractivity contribution >= 4 is 5.97 Å². The summed E-state index contributed by atoms with van der Waals surface area (Å²) < 4.78 is 16.5. The highest BCUT2D eigenvalue weighted by molar-refractivity contribution is 5.67. The molecular weight excluding hydrogens is 338 g/mol. The summed E-state index contributed by atoms with van der Waals surface area (Å²) in [6, 6.07) is 2.05. The molecule has 0 radical (unpaired) electrons. The van der Waals surface area contributed by atoms with Crippen LogP contribution in [0.3, 0.4) is 0 Å². The molecule has 1 saturated carbocycles. The third-order valence-corrected chi connectivity index (χ3v) is 4.81. The maximum Gasteiger partial charge on any atom is 0.303 e. The zero-order valence-electron chi connectivity index (χ0n) is 16.0. The molecule has 1 rings (SSSR count). The van der Waals surface area contributed by atoms with Crippen molar-refractivity contribution in [2.24, 2.45) is 17.8 Å². The van der Waals surface area contributed by atoms with E-state index in [0.29, 0.717) is 19.6 Å². The third kappa shape index (κ3) is 6.69. The van der Waals surface area contributed by atoms with Gasteiger partial charge in [-0.15, -0.1) is 0 Å². The highest BCUT2D eigenvalue weighted by Gasteiger charge is 2.44. The number of nitrogens with zero attached hydrogens (tertiary/aromatic N) is 1. The summed E-state index contributed by atoms with van der Waals surface area (Å²) in [7, 11) is 0. The predicted octanol–water partition coefficient (Wildman–Crippen LogP) is 2.35. The number of carboxylic acids is 1. The minimum atomic E-state index is -0.949. The highest BCUT2D eigenvalue weighted by Crippen LogP contribution is 2.43. The van der Waals surface area contributed by atoms with Crippen molar-refractivity contribution in [2.45, 2.75) is 65.1 Å². The van der Waals surface area contributed by atoms with Crippen LogP contribution < -0.4 is 0 Å². The molecule has 0 aromatic heterocycles. The summed E-state index contributed by atoms with van der Waals surface area (Å²) in [5.74, 6) is -1.59. The second-order valence-electron chi connectivity index (χ2n) is 6.56. The normalized spacial score (nSPS) is 29.4. The average Bonchev–Trinajstić information content (AvgIpc) is 2.87. The van der Waals surface area contributed by atoms with E-state index in [9.17, 15) is 20.3 Å². The minimum Gasteiger partial charge on any atom is -0.481 e. The topological polar surface area (TPSA) is 109 Å². The molecule has 0 spiro atoms. The molecule has 0 aromatic carbocycles. The molecule has 1 aliphatic rings. The number of nitriles is 1. The first kappa shape index (κ1) is 22.6. The van der Waals surface area contributed by atoms with Gasteiger partial charge in [0.05, 0.1) is 24.7 Å². The van der Waals surface area contributed by atoms with Gasteiger partial charge in [0.15, 0.2) is 12.4 Å². The Kier molecular flexibility index (Phi) is 9.81. The number of hydrogen-bond acceptors (Lipinski definition) is 6. The Hall–Kier alpha value is -1.46. The number of hydrogen-bond donors (Lipinski definition) is 2. The van der Waals surface area contributed by atoms with Crippen LogP contribution in [0.15, 0.2) is 12.2 Å². The van der Waals surface area contributed by atoms with Crippen molar-refractivity contribution in [3.05, 3.63) is 12.2 Å². The van der Waals surface area contributed by atoms with Crippen molar-refractivity contribution in [3.8, 4) is 6.07 Å². The molecular formula is C19H31NO6. The fraction of sp³-hybridized carbons (Fsp3) is 0.789. The summed E-state index contributed by atoms with van der Waals surface area (Å²) >= 11 is 0. The Bertz CT molecular complexity index is 503. The van der Waals surface area contributed by atoms with E-state index in [1.807, 2.05) is 20.8 Å². The fourth-order valence-corrected chi connectivity index (χ4v) is 3.66. The van der Waals surface area contributed by atoms with Gasteiger partial charge in [-0.2, -0.15) is 5.26 Å². The van der Waals surface area contributed by atoms with Gasteiger partial charge in [0.1, 0.15) is 0 Å². The Morgan fingerprint density at radius 2 is 1.96 bits per heavy atom. The van der Waals surface area contributed by atoms with Gasteiger partial charge in [0.25, 0.3) is 0 Å². The Morgan fingerprint density at radius 3 is 2.50 bits per heavy atom. The second kappa shape index (κ2) is 11.3. The van der Waals surface area contributed by atoms with Gasteiger partial charge < -0.3 is 24.4 Å². The summed E-state index contributed by atoms with van der Waals surface area (Å²) in [6.45, 7) is 8.41. The van der Waals surface area contributed by atoms with Crippen LogP contribution in [-0.4, -0.2) is 54.0 Å². The molecule has 7 atom stereocenters. The van der Waals surface area contributed by atoms with E-state index in [-0.39, 0.29) is 24.4 Å². The molecule has 0 aromatic rings. The molecule has 1 fully saturated rings. The van der Waals surface area contributed by atoms with Crippen molar-refractivity contribution < 1.29 is 29.2 Å². The molecule has 0 amide bonds. The minimum absolute atomic E-state index is 0.0193. The van der Waals surface area contributed by atoms with Gasteiger partial charge in [-0.1, -0.05) is 6.08 Å². The zero-order chi connectivity index (χ0) is 19.7. The second-order valence-corrected chi connectivity index (χ2v) is 6.56. The Labute approximate surface area is 155 Å². The number of allylic oxidation sites excluding steroid dienone is 1. The summed E-state index contributed by atoms with van der Waals surface area (Å²) in [5.41, 5.74) is 0. The first-order chi connectivity index (χ1) is 12.3. The van der Waals surface area contributed by atoms with E-state index >= 15 is 0 Å². The fourth-order valence-electron chi connectivity index (χ4n) is 3.66. The molecule has 26 heavy (non-hydrogen) atoms. The van der Waals surface area contributed by atoms with Crippen LogP contribution in [0.25, 0.3) is 0 Å². The molecule has 0 bridgehead atoms. The van der Waals surface area contributed by atoms with E-state index in [1.165, 1.54) is 0 Å². The third-order valence-electron chi connectivity index (χ3n) is 4.81. The van der Waals surface area contributed by atoms with Crippen LogP contribution in [-0.2, 0) is 19.0 Å². The summed E-state index contributed by atoms with van der Waals surface area (Å²) in [6.07, 6.45) is 1.62. The van der Waals surface area contributed by atoms with Crippen LogP contribution >= 0.6 is 0 Å². The van der Waals surface area contributed by atoms with Crippen LogP contribution in [0.4, 0.5) is 0 Å². The number of ether oxygens (including phenoxy) is 3. The van der Waals surface area contributed by atoms with Gasteiger partial charge in [0.2, 0.25) is 0 Å². The summed E-state index contributed by atoms with van der Waals surface area (Å²) in [5, 5.41) is 28.8. The Balaban J connectivity index is 2.94. The van der Waals surface area contributed by atoms with Gasteiger partial charge in [-0.3, -0.25) is 4.79 Å². The summed E-state index contributed by atoms with van der Waals surface area (Å²) in [4.78, 5) is 11.2. The van der Waals surface area contributed by atoms with Gasteiger partial charge in [0, 0.05) is 19.1 Å². The molecule has 0 heterocycles. The van der Waals surface area contributed by atoms with Gasteiger partial charge >= 0.3 is 5.97 Å². The quantitative estimate of drug-likeness (QED) is 0.425. The van der Waals surface area contributed by atoms with E-state index in [4.69, 9.17) is 14.2 Å². The number of rotatable bonds is 11. The van der Waals surface area contributed by atoms with E-state index in [0.717, 1.165) is 0 Å². The molecule has 148 valence electrons. The molecule has 1 aliphatic carbocycles. The Morgan fingerprint density at radius 1 is 1.31 bits per heavy atom. The zero-order valence-corrected chi connectivity index (χ0v) is 16.0. The average molecular weight is 369 g/mol. The monoisotopic (exact) mass is 369 g/mol. The van der Waals surface area contributed by atoms with Crippen LogP contribution in [0.5, 0.6) is 0 Å². The van der Waals surface area contributed by atoms with E-state index in [1.54, 1.807) is 19.1 Å². The maximum atomic E-state index is 11.2. The van der Waals surface area contributed by atoms with Gasteiger partial charge in [-0.05, 0) is 52.0 Å². The first-order valence-corrected chi connectivity index (χ1v) is 9.20. The smallest absolute Gasteiger partial charge is 0.303 e. The number of carbonyl (C=O) groups is 1. The lowest BCUT2D eigenvalue weighted by Gasteiger charge is -2.26. The lowest BCUT2D eigenvalue weighted by atomic mass is 9.84.